The number of halogens is 1. The smallest absolute Gasteiger partial charge is 0.153 e. The summed E-state index contributed by atoms with van der Waals surface area (Å²) in [7, 11) is 0. The third kappa shape index (κ3) is 3.32. The van der Waals surface area contributed by atoms with Gasteiger partial charge in [-0.25, -0.2) is 0 Å². The number of carbonyl (C=O) groups is 1. The zero-order valence-electron chi connectivity index (χ0n) is 12.1. The summed E-state index contributed by atoms with van der Waals surface area (Å²) in [5.74, 6) is 0.672. The minimum Gasteiger partial charge on any atom is -0.488 e. The van der Waals surface area contributed by atoms with Crippen LogP contribution in [0.25, 0.3) is 0 Å². The lowest BCUT2D eigenvalue weighted by atomic mass is 9.79. The van der Waals surface area contributed by atoms with Crippen molar-refractivity contribution in [3.8, 4) is 5.75 Å². The first kappa shape index (κ1) is 15.0. The third-order valence-electron chi connectivity index (χ3n) is 4.62. The van der Waals surface area contributed by atoms with Crippen LogP contribution in [0.5, 0.6) is 5.75 Å². The summed E-state index contributed by atoms with van der Waals surface area (Å²) >= 11 is 3.49. The first-order chi connectivity index (χ1) is 10.2. The average Bonchev–Trinajstić information content (AvgIpc) is 2.50. The normalized spacial score (nSPS) is 24.7. The van der Waals surface area contributed by atoms with E-state index in [4.69, 9.17) is 9.47 Å². The number of hydrogen-bond donors (Lipinski definition) is 0. The van der Waals surface area contributed by atoms with E-state index in [0.29, 0.717) is 11.3 Å². The zero-order chi connectivity index (χ0) is 14.7. The quantitative estimate of drug-likeness (QED) is 0.750. The van der Waals surface area contributed by atoms with Gasteiger partial charge in [0.05, 0.1) is 22.2 Å². The Morgan fingerprint density at radius 3 is 2.86 bits per heavy atom. The number of ether oxygens (including phenoxy) is 2. The molecule has 2 fully saturated rings. The summed E-state index contributed by atoms with van der Waals surface area (Å²) in [6.45, 7) is 0.755. The zero-order valence-corrected chi connectivity index (χ0v) is 13.7. The van der Waals surface area contributed by atoms with E-state index in [0.717, 1.165) is 43.0 Å². The van der Waals surface area contributed by atoms with Crippen molar-refractivity contribution in [3.05, 3.63) is 28.2 Å². The topological polar surface area (TPSA) is 35.5 Å². The molecule has 21 heavy (non-hydrogen) atoms. The Morgan fingerprint density at radius 2 is 2.10 bits per heavy atom. The SMILES string of the molecule is O=Cc1cccc(Br)c1OC1CCOC2(CCCCC2)C1. The van der Waals surface area contributed by atoms with Crippen molar-refractivity contribution >= 4 is 22.2 Å². The number of aldehydes is 1. The largest absolute Gasteiger partial charge is 0.488 e. The van der Waals surface area contributed by atoms with Crippen molar-refractivity contribution in [2.45, 2.75) is 56.7 Å². The van der Waals surface area contributed by atoms with Crippen LogP contribution < -0.4 is 4.74 Å². The van der Waals surface area contributed by atoms with E-state index in [1.54, 1.807) is 6.07 Å². The van der Waals surface area contributed by atoms with Gasteiger partial charge in [-0.2, -0.15) is 0 Å². The molecule has 1 saturated carbocycles. The van der Waals surface area contributed by atoms with Gasteiger partial charge in [0.15, 0.2) is 6.29 Å². The van der Waals surface area contributed by atoms with E-state index in [-0.39, 0.29) is 11.7 Å². The summed E-state index contributed by atoms with van der Waals surface area (Å²) in [5.41, 5.74) is 0.623. The average molecular weight is 353 g/mol. The fourth-order valence-electron chi connectivity index (χ4n) is 3.54. The van der Waals surface area contributed by atoms with E-state index in [1.165, 1.54) is 19.3 Å². The molecule has 1 spiro atoms. The molecule has 0 amide bonds. The molecular formula is C17H21BrO3. The molecule has 0 bridgehead atoms. The summed E-state index contributed by atoms with van der Waals surface area (Å²) in [5, 5.41) is 0. The number of benzene rings is 1. The van der Waals surface area contributed by atoms with Crippen LogP contribution in [0.4, 0.5) is 0 Å². The van der Waals surface area contributed by atoms with Crippen molar-refractivity contribution in [1.29, 1.82) is 0 Å². The highest BCUT2D eigenvalue weighted by atomic mass is 79.9. The van der Waals surface area contributed by atoms with Crippen LogP contribution in [0.2, 0.25) is 0 Å². The van der Waals surface area contributed by atoms with Gasteiger partial charge < -0.3 is 9.47 Å². The van der Waals surface area contributed by atoms with Crippen LogP contribution in [0.1, 0.15) is 55.3 Å². The second kappa shape index (κ2) is 6.49. The van der Waals surface area contributed by atoms with E-state index in [9.17, 15) is 4.79 Å². The van der Waals surface area contributed by atoms with Gasteiger partial charge in [0.1, 0.15) is 11.9 Å². The van der Waals surface area contributed by atoms with Gasteiger partial charge in [-0.1, -0.05) is 25.3 Å². The van der Waals surface area contributed by atoms with Crippen LogP contribution in [-0.2, 0) is 4.74 Å². The lowest BCUT2D eigenvalue weighted by Gasteiger charge is -2.43. The highest BCUT2D eigenvalue weighted by molar-refractivity contribution is 9.10. The molecule has 1 aliphatic heterocycles. The van der Waals surface area contributed by atoms with E-state index < -0.39 is 0 Å². The van der Waals surface area contributed by atoms with Crippen LogP contribution in [0, 0.1) is 0 Å². The fraction of sp³-hybridized carbons (Fsp3) is 0.588. The van der Waals surface area contributed by atoms with Crippen LogP contribution >= 0.6 is 15.9 Å². The Balaban J connectivity index is 1.74. The molecule has 114 valence electrons. The highest BCUT2D eigenvalue weighted by Gasteiger charge is 2.39. The van der Waals surface area contributed by atoms with Gasteiger partial charge in [-0.15, -0.1) is 0 Å². The van der Waals surface area contributed by atoms with Gasteiger partial charge in [0, 0.05) is 12.8 Å². The summed E-state index contributed by atoms with van der Waals surface area (Å²) in [6, 6.07) is 5.56. The number of para-hydroxylation sites is 1. The van der Waals surface area contributed by atoms with Crippen LogP contribution in [0.15, 0.2) is 22.7 Å². The molecule has 1 aliphatic carbocycles. The van der Waals surface area contributed by atoms with E-state index >= 15 is 0 Å². The van der Waals surface area contributed by atoms with Gasteiger partial charge in [0.25, 0.3) is 0 Å². The molecular weight excluding hydrogens is 332 g/mol. The predicted octanol–water partition coefficient (Wildman–Crippen LogP) is 4.52. The number of rotatable bonds is 3. The van der Waals surface area contributed by atoms with Crippen molar-refractivity contribution in [2.24, 2.45) is 0 Å². The Hall–Kier alpha value is -0.870. The number of hydrogen-bond acceptors (Lipinski definition) is 3. The fourth-order valence-corrected chi connectivity index (χ4v) is 4.01. The molecule has 1 atom stereocenters. The van der Waals surface area contributed by atoms with Crippen molar-refractivity contribution < 1.29 is 14.3 Å². The van der Waals surface area contributed by atoms with Crippen LogP contribution in [-0.4, -0.2) is 24.6 Å². The molecule has 4 heteroatoms. The third-order valence-corrected chi connectivity index (χ3v) is 5.25. The Morgan fingerprint density at radius 1 is 1.29 bits per heavy atom. The summed E-state index contributed by atoms with van der Waals surface area (Å²) in [4.78, 5) is 11.2. The first-order valence-corrected chi connectivity index (χ1v) is 8.56. The van der Waals surface area contributed by atoms with E-state index in [1.807, 2.05) is 12.1 Å². The maximum atomic E-state index is 11.2. The monoisotopic (exact) mass is 352 g/mol. The number of carbonyl (C=O) groups excluding carboxylic acids is 1. The molecule has 1 aromatic carbocycles. The minimum absolute atomic E-state index is 0.0176. The standard InChI is InChI=1S/C17H21BrO3/c18-15-6-4-5-13(12-19)16(15)21-14-7-10-20-17(11-14)8-2-1-3-9-17/h4-6,12,14H,1-3,7-11H2. The molecule has 0 N–H and O–H groups in total. The molecule has 3 rings (SSSR count). The van der Waals surface area contributed by atoms with Crippen molar-refractivity contribution in [2.75, 3.05) is 6.61 Å². The van der Waals surface area contributed by atoms with Gasteiger partial charge >= 0.3 is 0 Å². The molecule has 1 saturated heterocycles. The molecule has 2 aliphatic rings. The maximum absolute atomic E-state index is 11.2. The second-order valence-corrected chi connectivity index (χ2v) is 6.96. The van der Waals surface area contributed by atoms with Gasteiger partial charge in [-0.05, 0) is 40.9 Å². The highest BCUT2D eigenvalue weighted by Crippen LogP contribution is 2.40. The maximum Gasteiger partial charge on any atom is 0.153 e. The first-order valence-electron chi connectivity index (χ1n) is 7.77. The molecule has 1 unspecified atom stereocenters. The Labute approximate surface area is 134 Å². The Bertz CT molecular complexity index is 503. The lowest BCUT2D eigenvalue weighted by Crippen LogP contribution is -2.45. The summed E-state index contributed by atoms with van der Waals surface area (Å²) in [6.07, 6.45) is 8.92. The van der Waals surface area contributed by atoms with Crippen LogP contribution in [0.3, 0.4) is 0 Å². The lowest BCUT2D eigenvalue weighted by molar-refractivity contribution is -0.129. The van der Waals surface area contributed by atoms with Crippen molar-refractivity contribution in [3.63, 3.8) is 0 Å². The minimum atomic E-state index is 0.0176. The molecule has 3 nitrogen and oxygen atoms in total. The predicted molar refractivity (Wildman–Crippen MR) is 84.9 cm³/mol. The molecule has 0 radical (unpaired) electrons. The molecule has 1 heterocycles. The summed E-state index contributed by atoms with van der Waals surface area (Å²) < 4.78 is 13.1. The van der Waals surface area contributed by atoms with Crippen molar-refractivity contribution in [1.82, 2.24) is 0 Å². The van der Waals surface area contributed by atoms with Gasteiger partial charge in [0.2, 0.25) is 0 Å². The molecule has 0 aromatic heterocycles. The van der Waals surface area contributed by atoms with E-state index in [2.05, 4.69) is 15.9 Å². The Kier molecular flexibility index (Phi) is 4.65. The second-order valence-electron chi connectivity index (χ2n) is 6.10. The van der Waals surface area contributed by atoms with Gasteiger partial charge in [-0.3, -0.25) is 4.79 Å². The molecule has 1 aromatic rings.